The van der Waals surface area contributed by atoms with E-state index in [4.69, 9.17) is 9.15 Å². The van der Waals surface area contributed by atoms with Gasteiger partial charge in [0, 0.05) is 10.9 Å². The third-order valence-electron chi connectivity index (χ3n) is 2.41. The van der Waals surface area contributed by atoms with E-state index in [1.165, 1.54) is 16.4 Å². The Bertz CT molecular complexity index is 505. The van der Waals surface area contributed by atoms with Gasteiger partial charge in [-0.25, -0.2) is 0 Å². The summed E-state index contributed by atoms with van der Waals surface area (Å²) in [5.41, 5.74) is 1.05. The highest BCUT2D eigenvalue weighted by Gasteiger charge is 2.31. The first-order valence-corrected chi connectivity index (χ1v) is 6.16. The van der Waals surface area contributed by atoms with Crippen LogP contribution in [0.3, 0.4) is 0 Å². The average molecular weight is 286 g/mol. The van der Waals surface area contributed by atoms with E-state index in [9.17, 15) is 0 Å². The van der Waals surface area contributed by atoms with Crippen molar-refractivity contribution in [3.63, 3.8) is 0 Å². The highest BCUT2D eigenvalue weighted by atomic mass is 79.9. The first-order valence-electron chi connectivity index (χ1n) is 4.59. The second kappa shape index (κ2) is 3.35. The highest BCUT2D eigenvalue weighted by molar-refractivity contribution is 9.10. The second-order valence-corrected chi connectivity index (χ2v) is 5.13. The average Bonchev–Trinajstić information content (AvgIpc) is 2.80. The highest BCUT2D eigenvalue weighted by Crippen LogP contribution is 2.42. The molecular weight excluding hydrogens is 278 g/mol. The van der Waals surface area contributed by atoms with Crippen molar-refractivity contribution in [2.75, 3.05) is 6.61 Å². The standard InChI is InChI=1S/C10H8BrNO2S/c1-5-2-8(15-12-5)6-4-13-7-3-9(11)14-10(6)7/h2-3,6H,4H2,1H3. The molecule has 1 atom stereocenters. The lowest BCUT2D eigenvalue weighted by atomic mass is 10.1. The van der Waals surface area contributed by atoms with E-state index in [-0.39, 0.29) is 5.92 Å². The molecule has 3 nitrogen and oxygen atoms in total. The maximum absolute atomic E-state index is 5.57. The minimum Gasteiger partial charge on any atom is -0.489 e. The summed E-state index contributed by atoms with van der Waals surface area (Å²) in [6.07, 6.45) is 0. The molecule has 78 valence electrons. The van der Waals surface area contributed by atoms with Gasteiger partial charge in [-0.3, -0.25) is 0 Å². The molecule has 1 unspecified atom stereocenters. The molecule has 0 fully saturated rings. The van der Waals surface area contributed by atoms with Gasteiger partial charge in [-0.2, -0.15) is 4.37 Å². The van der Waals surface area contributed by atoms with Crippen LogP contribution in [0, 0.1) is 6.92 Å². The molecule has 1 aliphatic heterocycles. The number of aromatic nitrogens is 1. The van der Waals surface area contributed by atoms with Crippen molar-refractivity contribution in [2.24, 2.45) is 0 Å². The van der Waals surface area contributed by atoms with Crippen LogP contribution in [0.4, 0.5) is 0 Å². The van der Waals surface area contributed by atoms with Crippen LogP contribution in [0.1, 0.15) is 22.2 Å². The molecule has 0 N–H and O–H groups in total. The van der Waals surface area contributed by atoms with Gasteiger partial charge >= 0.3 is 0 Å². The van der Waals surface area contributed by atoms with Gasteiger partial charge in [0.1, 0.15) is 6.61 Å². The number of hydrogen-bond acceptors (Lipinski definition) is 4. The van der Waals surface area contributed by atoms with Crippen LogP contribution in [-0.2, 0) is 0 Å². The Hall–Kier alpha value is -0.810. The summed E-state index contributed by atoms with van der Waals surface area (Å²) in [5, 5.41) is 0. The van der Waals surface area contributed by atoms with Crippen molar-refractivity contribution in [2.45, 2.75) is 12.8 Å². The second-order valence-electron chi connectivity index (χ2n) is 3.51. The molecule has 15 heavy (non-hydrogen) atoms. The van der Waals surface area contributed by atoms with Gasteiger partial charge in [-0.15, -0.1) is 0 Å². The molecule has 0 saturated heterocycles. The molecule has 0 bridgehead atoms. The fourth-order valence-corrected chi connectivity index (χ4v) is 2.93. The summed E-state index contributed by atoms with van der Waals surface area (Å²) >= 11 is 4.82. The molecule has 1 aliphatic rings. The lowest BCUT2D eigenvalue weighted by molar-refractivity contribution is 0.340. The fourth-order valence-electron chi connectivity index (χ4n) is 1.72. The largest absolute Gasteiger partial charge is 0.489 e. The zero-order valence-electron chi connectivity index (χ0n) is 7.99. The molecule has 2 aromatic heterocycles. The smallest absolute Gasteiger partial charge is 0.173 e. The minimum atomic E-state index is 0.206. The molecule has 0 aromatic carbocycles. The van der Waals surface area contributed by atoms with E-state index in [2.05, 4.69) is 26.4 Å². The molecular formula is C10H8BrNO2S. The van der Waals surface area contributed by atoms with Crippen molar-refractivity contribution in [1.29, 1.82) is 0 Å². The molecule has 5 heteroatoms. The Kier molecular flexibility index (Phi) is 2.10. The Labute approximate surface area is 99.4 Å². The topological polar surface area (TPSA) is 35.3 Å². The minimum absolute atomic E-state index is 0.206. The van der Waals surface area contributed by atoms with Crippen molar-refractivity contribution in [3.05, 3.63) is 33.1 Å². The third-order valence-corrected chi connectivity index (χ3v) is 3.79. The molecule has 3 heterocycles. The monoisotopic (exact) mass is 285 g/mol. The maximum atomic E-state index is 5.57. The van der Waals surface area contributed by atoms with Crippen LogP contribution in [0.15, 0.2) is 21.2 Å². The number of nitrogens with zero attached hydrogens (tertiary/aromatic N) is 1. The summed E-state index contributed by atoms with van der Waals surface area (Å²) in [5.74, 6) is 1.96. The molecule has 0 radical (unpaired) electrons. The molecule has 0 saturated carbocycles. The zero-order valence-corrected chi connectivity index (χ0v) is 10.4. The molecule has 0 spiro atoms. The van der Waals surface area contributed by atoms with Gasteiger partial charge in [0.05, 0.1) is 11.6 Å². The number of rotatable bonds is 1. The van der Waals surface area contributed by atoms with E-state index < -0.39 is 0 Å². The van der Waals surface area contributed by atoms with Crippen LogP contribution in [0.5, 0.6) is 5.75 Å². The molecule has 2 aromatic rings. The summed E-state index contributed by atoms with van der Waals surface area (Å²) < 4.78 is 16.1. The number of aryl methyl sites for hydroxylation is 1. The van der Waals surface area contributed by atoms with E-state index in [1.807, 2.05) is 13.0 Å². The van der Waals surface area contributed by atoms with Gasteiger partial charge < -0.3 is 9.15 Å². The van der Waals surface area contributed by atoms with E-state index in [1.54, 1.807) is 0 Å². The number of fused-ring (bicyclic) bond motifs is 1. The zero-order chi connectivity index (χ0) is 10.4. The molecule has 0 aliphatic carbocycles. The van der Waals surface area contributed by atoms with Crippen molar-refractivity contribution in [3.8, 4) is 5.75 Å². The summed E-state index contributed by atoms with van der Waals surface area (Å²) in [7, 11) is 0. The van der Waals surface area contributed by atoms with Crippen molar-refractivity contribution >= 4 is 27.5 Å². The number of halogens is 1. The predicted molar refractivity (Wildman–Crippen MR) is 60.6 cm³/mol. The third kappa shape index (κ3) is 1.50. The van der Waals surface area contributed by atoms with Crippen molar-refractivity contribution in [1.82, 2.24) is 4.37 Å². The van der Waals surface area contributed by atoms with E-state index in [0.717, 1.165) is 21.9 Å². The van der Waals surface area contributed by atoms with Crippen molar-refractivity contribution < 1.29 is 9.15 Å². The summed E-state index contributed by atoms with van der Waals surface area (Å²) in [6, 6.07) is 3.95. The lowest BCUT2D eigenvalue weighted by Crippen LogP contribution is -2.00. The Morgan fingerprint density at radius 3 is 3.13 bits per heavy atom. The normalized spacial score (nSPS) is 18.9. The Morgan fingerprint density at radius 2 is 2.40 bits per heavy atom. The first kappa shape index (κ1) is 9.42. The van der Waals surface area contributed by atoms with E-state index in [0.29, 0.717) is 6.61 Å². The van der Waals surface area contributed by atoms with Crippen LogP contribution in [0.2, 0.25) is 0 Å². The number of ether oxygens (including phenoxy) is 1. The van der Waals surface area contributed by atoms with Gasteiger partial charge in [-0.1, -0.05) is 0 Å². The fraction of sp³-hybridized carbons (Fsp3) is 0.300. The molecule has 3 rings (SSSR count). The van der Waals surface area contributed by atoms with Gasteiger partial charge in [0.25, 0.3) is 0 Å². The van der Waals surface area contributed by atoms with Crippen LogP contribution in [0.25, 0.3) is 0 Å². The van der Waals surface area contributed by atoms with Crippen LogP contribution >= 0.6 is 27.5 Å². The van der Waals surface area contributed by atoms with Crippen LogP contribution in [-0.4, -0.2) is 11.0 Å². The summed E-state index contributed by atoms with van der Waals surface area (Å²) in [6.45, 7) is 2.65. The summed E-state index contributed by atoms with van der Waals surface area (Å²) in [4.78, 5) is 1.20. The predicted octanol–water partition coefficient (Wildman–Crippen LogP) is 3.33. The quantitative estimate of drug-likeness (QED) is 0.806. The number of hydrogen-bond donors (Lipinski definition) is 0. The first-order chi connectivity index (χ1) is 7.24. The maximum Gasteiger partial charge on any atom is 0.173 e. The van der Waals surface area contributed by atoms with Gasteiger partial charge in [0.15, 0.2) is 16.2 Å². The van der Waals surface area contributed by atoms with E-state index >= 15 is 0 Å². The SMILES string of the molecule is Cc1cc(C2COc3cc(Br)oc32)sn1. The Morgan fingerprint density at radius 1 is 1.53 bits per heavy atom. The van der Waals surface area contributed by atoms with Crippen LogP contribution < -0.4 is 4.74 Å². The Balaban J connectivity index is 2.02. The number of furan rings is 1. The lowest BCUT2D eigenvalue weighted by Gasteiger charge is -2.02. The molecule has 0 amide bonds. The van der Waals surface area contributed by atoms with Gasteiger partial charge in [0.2, 0.25) is 0 Å². The van der Waals surface area contributed by atoms with Gasteiger partial charge in [-0.05, 0) is 40.5 Å².